The molecule has 24 heavy (non-hydrogen) atoms. The highest BCUT2D eigenvalue weighted by atomic mass is 19.1. The first kappa shape index (κ1) is 16.6. The minimum absolute atomic E-state index is 0.140. The second kappa shape index (κ2) is 7.13. The van der Waals surface area contributed by atoms with Crippen LogP contribution < -0.4 is 5.43 Å². The van der Waals surface area contributed by atoms with Crippen molar-refractivity contribution >= 4 is 11.9 Å². The fourth-order valence-electron chi connectivity index (χ4n) is 2.98. The summed E-state index contributed by atoms with van der Waals surface area (Å²) in [7, 11) is 0. The molecule has 1 aliphatic heterocycles. The van der Waals surface area contributed by atoms with E-state index in [1.807, 2.05) is 19.9 Å². The number of anilines is 1. The Hall–Kier alpha value is -2.21. The van der Waals surface area contributed by atoms with Gasteiger partial charge in [-0.25, -0.2) is 8.78 Å². The zero-order valence-electron chi connectivity index (χ0n) is 13.9. The van der Waals surface area contributed by atoms with E-state index in [0.29, 0.717) is 0 Å². The summed E-state index contributed by atoms with van der Waals surface area (Å²) in [5.41, 5.74) is 5.94. The van der Waals surface area contributed by atoms with Crippen LogP contribution in [0.2, 0.25) is 0 Å². The van der Waals surface area contributed by atoms with Crippen molar-refractivity contribution in [3.8, 4) is 0 Å². The zero-order chi connectivity index (χ0) is 17.1. The van der Waals surface area contributed by atoms with Gasteiger partial charge in [0, 0.05) is 36.2 Å². The van der Waals surface area contributed by atoms with Gasteiger partial charge < -0.3 is 9.30 Å². The van der Waals surface area contributed by atoms with E-state index in [4.69, 9.17) is 4.74 Å². The van der Waals surface area contributed by atoms with Crippen molar-refractivity contribution in [3.63, 3.8) is 0 Å². The first-order chi connectivity index (χ1) is 11.5. The van der Waals surface area contributed by atoms with Gasteiger partial charge in [-0.2, -0.15) is 5.10 Å². The van der Waals surface area contributed by atoms with Crippen LogP contribution in [0.4, 0.5) is 14.5 Å². The average molecular weight is 333 g/mol. The zero-order valence-corrected chi connectivity index (χ0v) is 13.9. The molecule has 0 amide bonds. The molecule has 0 radical (unpaired) electrons. The fraction of sp³-hybridized carbons (Fsp3) is 0.389. The van der Waals surface area contributed by atoms with Crippen molar-refractivity contribution < 1.29 is 13.5 Å². The van der Waals surface area contributed by atoms with E-state index in [0.717, 1.165) is 49.0 Å². The molecule has 1 N–H and O–H groups in total. The molecule has 0 unspecified atom stereocenters. The van der Waals surface area contributed by atoms with E-state index in [1.165, 1.54) is 12.1 Å². The second-order valence-electron chi connectivity index (χ2n) is 6.07. The summed E-state index contributed by atoms with van der Waals surface area (Å²) in [6.45, 7) is 5.76. The van der Waals surface area contributed by atoms with Crippen molar-refractivity contribution in [1.82, 2.24) is 4.57 Å². The highest BCUT2D eigenvalue weighted by molar-refractivity contribution is 5.82. The van der Waals surface area contributed by atoms with Gasteiger partial charge in [0.15, 0.2) is 5.82 Å². The highest BCUT2D eigenvalue weighted by Crippen LogP contribution is 2.20. The lowest BCUT2D eigenvalue weighted by molar-refractivity contribution is 0.0962. The lowest BCUT2D eigenvalue weighted by Gasteiger charge is -2.14. The molecule has 128 valence electrons. The third-order valence-corrected chi connectivity index (χ3v) is 4.34. The molecule has 1 fully saturated rings. The van der Waals surface area contributed by atoms with Gasteiger partial charge in [-0.3, -0.25) is 5.43 Å². The number of aromatic nitrogens is 1. The van der Waals surface area contributed by atoms with Gasteiger partial charge in [-0.05, 0) is 44.9 Å². The number of benzene rings is 1. The van der Waals surface area contributed by atoms with Crippen molar-refractivity contribution in [3.05, 3.63) is 52.9 Å². The Balaban J connectivity index is 1.70. The number of nitrogens with one attached hydrogen (secondary N) is 1. The standard InChI is InChI=1S/C18H21F2N3O/c1-12-8-14(13(2)23(12)11-16-4-3-7-24-16)10-21-22-18-6-5-15(19)9-17(18)20/h5-6,8-10,16,22H,3-4,7,11H2,1-2H3/b21-10-/t16-/m0/s1. The third-order valence-electron chi connectivity index (χ3n) is 4.34. The van der Waals surface area contributed by atoms with Gasteiger partial charge >= 0.3 is 0 Å². The molecule has 1 atom stereocenters. The summed E-state index contributed by atoms with van der Waals surface area (Å²) in [5.74, 6) is -1.28. The van der Waals surface area contributed by atoms with Crippen molar-refractivity contribution in [2.24, 2.45) is 5.10 Å². The first-order valence-electron chi connectivity index (χ1n) is 8.07. The SMILES string of the molecule is Cc1cc(/C=N\Nc2ccc(F)cc2F)c(C)n1C[C@@H]1CCCO1. The van der Waals surface area contributed by atoms with E-state index < -0.39 is 11.6 Å². The molecule has 6 heteroatoms. The van der Waals surface area contributed by atoms with Crippen LogP contribution in [-0.2, 0) is 11.3 Å². The van der Waals surface area contributed by atoms with Gasteiger partial charge in [0.1, 0.15) is 5.82 Å². The van der Waals surface area contributed by atoms with Gasteiger partial charge in [-0.1, -0.05) is 0 Å². The number of rotatable bonds is 5. The number of halogens is 2. The predicted octanol–water partition coefficient (Wildman–Crippen LogP) is 4.01. The predicted molar refractivity (Wildman–Crippen MR) is 90.5 cm³/mol. The fourth-order valence-corrected chi connectivity index (χ4v) is 2.98. The number of ether oxygens (including phenoxy) is 1. The molecule has 1 aromatic carbocycles. The van der Waals surface area contributed by atoms with E-state index in [9.17, 15) is 8.78 Å². The summed E-state index contributed by atoms with van der Waals surface area (Å²) >= 11 is 0. The smallest absolute Gasteiger partial charge is 0.151 e. The maximum absolute atomic E-state index is 13.6. The van der Waals surface area contributed by atoms with Gasteiger partial charge in [-0.15, -0.1) is 0 Å². The van der Waals surface area contributed by atoms with Crippen LogP contribution in [0.5, 0.6) is 0 Å². The minimum Gasteiger partial charge on any atom is -0.376 e. The highest BCUT2D eigenvalue weighted by Gasteiger charge is 2.18. The second-order valence-corrected chi connectivity index (χ2v) is 6.07. The summed E-state index contributed by atoms with van der Waals surface area (Å²) in [5, 5.41) is 4.07. The van der Waals surface area contributed by atoms with E-state index in [1.54, 1.807) is 6.21 Å². The molecular weight excluding hydrogens is 312 g/mol. The van der Waals surface area contributed by atoms with E-state index in [2.05, 4.69) is 15.1 Å². The Labute approximate surface area is 140 Å². The first-order valence-corrected chi connectivity index (χ1v) is 8.07. The molecule has 1 aliphatic rings. The van der Waals surface area contributed by atoms with Crippen molar-refractivity contribution in [2.45, 2.75) is 39.3 Å². The third kappa shape index (κ3) is 3.64. The summed E-state index contributed by atoms with van der Waals surface area (Å²) in [4.78, 5) is 0. The molecule has 2 aromatic rings. The van der Waals surface area contributed by atoms with Crippen molar-refractivity contribution in [1.29, 1.82) is 0 Å². The van der Waals surface area contributed by atoms with Crippen LogP contribution in [0.25, 0.3) is 0 Å². The van der Waals surface area contributed by atoms with E-state index >= 15 is 0 Å². The average Bonchev–Trinajstić information content (AvgIpc) is 3.14. The largest absolute Gasteiger partial charge is 0.376 e. The maximum atomic E-state index is 13.6. The van der Waals surface area contributed by atoms with E-state index in [-0.39, 0.29) is 11.8 Å². The number of aryl methyl sites for hydroxylation is 1. The van der Waals surface area contributed by atoms with Crippen LogP contribution in [0.1, 0.15) is 29.8 Å². The number of nitrogens with zero attached hydrogens (tertiary/aromatic N) is 2. The monoisotopic (exact) mass is 333 g/mol. The molecule has 1 saturated heterocycles. The summed E-state index contributed by atoms with van der Waals surface area (Å²) in [6, 6.07) is 5.37. The molecule has 1 aromatic heterocycles. The topological polar surface area (TPSA) is 38.5 Å². The summed E-state index contributed by atoms with van der Waals surface area (Å²) < 4.78 is 34.4. The van der Waals surface area contributed by atoms with Crippen LogP contribution in [0.3, 0.4) is 0 Å². The van der Waals surface area contributed by atoms with Crippen molar-refractivity contribution in [2.75, 3.05) is 12.0 Å². The molecule has 2 heterocycles. The normalized spacial score (nSPS) is 17.8. The van der Waals surface area contributed by atoms with Crippen LogP contribution in [-0.4, -0.2) is 23.5 Å². The molecular formula is C18H21F2N3O. The Morgan fingerprint density at radius 3 is 2.88 bits per heavy atom. The van der Waals surface area contributed by atoms with Crippen LogP contribution >= 0.6 is 0 Å². The lowest BCUT2D eigenvalue weighted by atomic mass is 10.2. The number of hydrogen-bond donors (Lipinski definition) is 1. The van der Waals surface area contributed by atoms with Gasteiger partial charge in [0.2, 0.25) is 0 Å². The molecule has 0 aliphatic carbocycles. The molecule has 3 rings (SSSR count). The molecule has 0 spiro atoms. The Kier molecular flexibility index (Phi) is 4.94. The minimum atomic E-state index is -0.670. The Morgan fingerprint density at radius 2 is 2.17 bits per heavy atom. The van der Waals surface area contributed by atoms with Crippen LogP contribution in [0.15, 0.2) is 29.4 Å². The lowest BCUT2D eigenvalue weighted by Crippen LogP contribution is -2.16. The number of hydrogen-bond acceptors (Lipinski definition) is 3. The maximum Gasteiger partial charge on any atom is 0.151 e. The van der Waals surface area contributed by atoms with Gasteiger partial charge in [0.05, 0.1) is 18.0 Å². The number of hydrazone groups is 1. The quantitative estimate of drug-likeness (QED) is 0.663. The van der Waals surface area contributed by atoms with Gasteiger partial charge in [0.25, 0.3) is 0 Å². The Morgan fingerprint density at radius 1 is 1.33 bits per heavy atom. The molecule has 4 nitrogen and oxygen atoms in total. The van der Waals surface area contributed by atoms with Crippen LogP contribution in [0, 0.1) is 25.5 Å². The summed E-state index contributed by atoms with van der Waals surface area (Å²) in [6.07, 6.45) is 4.13. The molecule has 0 bridgehead atoms. The molecule has 0 saturated carbocycles. The Bertz CT molecular complexity index is 749.